The van der Waals surface area contributed by atoms with E-state index in [4.69, 9.17) is 43.6 Å². The summed E-state index contributed by atoms with van der Waals surface area (Å²) in [5.74, 6) is 4.16. The van der Waals surface area contributed by atoms with E-state index in [1.165, 1.54) is 64.2 Å². The minimum absolute atomic E-state index is 0.260. The van der Waals surface area contributed by atoms with Crippen molar-refractivity contribution in [3.8, 4) is 17.6 Å². The summed E-state index contributed by atoms with van der Waals surface area (Å²) < 4.78 is 10.2. The van der Waals surface area contributed by atoms with Crippen LogP contribution in [0.3, 0.4) is 0 Å². The van der Waals surface area contributed by atoms with Crippen molar-refractivity contribution in [2.24, 2.45) is 11.3 Å². The molecule has 43 heavy (non-hydrogen) atoms. The average Bonchev–Trinajstić information content (AvgIpc) is 3.80. The summed E-state index contributed by atoms with van der Waals surface area (Å²) in [6.07, 6.45) is 13.1. The molecule has 2 amide bonds. The van der Waals surface area contributed by atoms with Crippen molar-refractivity contribution in [1.82, 2.24) is 5.01 Å². The van der Waals surface area contributed by atoms with Crippen molar-refractivity contribution in [2.75, 3.05) is 13.7 Å². The van der Waals surface area contributed by atoms with E-state index in [-0.39, 0.29) is 5.56 Å². The second-order valence-electron chi connectivity index (χ2n) is 10.5. The highest BCUT2D eigenvalue weighted by molar-refractivity contribution is 6.35. The van der Waals surface area contributed by atoms with Crippen molar-refractivity contribution in [2.45, 2.75) is 84.0 Å². The summed E-state index contributed by atoms with van der Waals surface area (Å²) in [7, 11) is 1.48. The van der Waals surface area contributed by atoms with Crippen LogP contribution in [0.1, 0.15) is 93.5 Å². The number of carboxylic acids is 1. The van der Waals surface area contributed by atoms with Crippen molar-refractivity contribution < 1.29 is 29.0 Å². The topological polar surface area (TPSA) is 143 Å². The number of unbranched alkanes of at least 4 members (excludes halogenated alkanes) is 8. The van der Waals surface area contributed by atoms with E-state index in [9.17, 15) is 19.6 Å². The van der Waals surface area contributed by atoms with Crippen molar-refractivity contribution in [3.63, 3.8) is 0 Å². The molecular weight excluding hydrogens is 593 g/mol. The van der Waals surface area contributed by atoms with Crippen LogP contribution in [0.25, 0.3) is 0 Å². The molecule has 2 aromatic carbocycles. The SMILES string of the molecule is CCCCCCCCCCCc1ccc(OC)c(C(=O)N(N)C(=O)C2(C#N)CC2)c1.O=C(O)COc1ccc(Cl)cc1Cl. The smallest absolute Gasteiger partial charge is 0.341 e. The van der Waals surface area contributed by atoms with Crippen molar-refractivity contribution in [1.29, 1.82) is 5.26 Å². The van der Waals surface area contributed by atoms with Crippen LogP contribution in [-0.4, -0.2) is 41.6 Å². The van der Waals surface area contributed by atoms with Gasteiger partial charge in [-0.3, -0.25) is 9.59 Å². The zero-order valence-corrected chi connectivity index (χ0v) is 26.4. The molecule has 3 N–H and O–H groups in total. The maximum absolute atomic E-state index is 12.8. The normalized spacial score (nSPS) is 12.7. The van der Waals surface area contributed by atoms with Gasteiger partial charge in [0.25, 0.3) is 11.8 Å². The van der Waals surface area contributed by atoms with Gasteiger partial charge in [0, 0.05) is 5.02 Å². The van der Waals surface area contributed by atoms with Crippen LogP contribution >= 0.6 is 23.2 Å². The highest BCUT2D eigenvalue weighted by atomic mass is 35.5. The van der Waals surface area contributed by atoms with Gasteiger partial charge < -0.3 is 14.6 Å². The molecule has 0 bridgehead atoms. The summed E-state index contributed by atoms with van der Waals surface area (Å²) >= 11 is 11.3. The Kier molecular flexibility index (Phi) is 15.3. The third-order valence-corrected chi connectivity index (χ3v) is 7.65. The number of methoxy groups -OCH3 is 1. The van der Waals surface area contributed by atoms with Gasteiger partial charge in [0.15, 0.2) is 6.61 Å². The number of imide groups is 1. The Labute approximate surface area is 263 Å². The molecule has 0 radical (unpaired) electrons. The van der Waals surface area contributed by atoms with Crippen molar-refractivity contribution in [3.05, 3.63) is 57.6 Å². The number of nitriles is 1. The molecule has 0 aromatic heterocycles. The minimum atomic E-state index is -1.13. The molecular formula is C32H41Cl2N3O6. The van der Waals surface area contributed by atoms with Gasteiger partial charge in [0.1, 0.15) is 16.9 Å². The Morgan fingerprint density at radius 1 is 0.977 bits per heavy atom. The van der Waals surface area contributed by atoms with Gasteiger partial charge in [-0.2, -0.15) is 5.26 Å². The number of hydrogen-bond donors (Lipinski definition) is 2. The monoisotopic (exact) mass is 633 g/mol. The molecule has 9 nitrogen and oxygen atoms in total. The number of hydrogen-bond acceptors (Lipinski definition) is 7. The van der Waals surface area contributed by atoms with E-state index in [1.54, 1.807) is 18.2 Å². The number of aliphatic carboxylic acids is 1. The highest BCUT2D eigenvalue weighted by Crippen LogP contribution is 2.46. The highest BCUT2D eigenvalue weighted by Gasteiger charge is 2.53. The number of benzene rings is 2. The third kappa shape index (κ3) is 11.7. The van der Waals surface area contributed by atoms with E-state index < -0.39 is 29.8 Å². The zero-order valence-electron chi connectivity index (χ0n) is 24.9. The van der Waals surface area contributed by atoms with Gasteiger partial charge in [-0.15, -0.1) is 0 Å². The van der Waals surface area contributed by atoms with Gasteiger partial charge in [-0.05, 0) is 61.6 Å². The van der Waals surface area contributed by atoms with Crippen LogP contribution in [0.2, 0.25) is 10.0 Å². The average molecular weight is 635 g/mol. The molecule has 3 rings (SSSR count). The Hall–Kier alpha value is -3.32. The first-order valence-electron chi connectivity index (χ1n) is 14.6. The molecule has 0 spiro atoms. The first kappa shape index (κ1) is 35.9. The number of aryl methyl sites for hydroxylation is 1. The van der Waals surface area contributed by atoms with E-state index >= 15 is 0 Å². The van der Waals surface area contributed by atoms with E-state index in [0.717, 1.165) is 24.8 Å². The molecule has 1 aliphatic carbocycles. The second kappa shape index (κ2) is 18.4. The molecule has 1 saturated carbocycles. The molecule has 11 heteroatoms. The Morgan fingerprint density at radius 2 is 1.58 bits per heavy atom. The molecule has 0 unspecified atom stereocenters. The van der Waals surface area contributed by atoms with Gasteiger partial charge >= 0.3 is 5.97 Å². The van der Waals surface area contributed by atoms with E-state index in [0.29, 0.717) is 39.4 Å². The quantitative estimate of drug-likeness (QED) is 0.0641. The fourth-order valence-corrected chi connectivity index (χ4v) is 4.86. The minimum Gasteiger partial charge on any atom is -0.496 e. The maximum Gasteiger partial charge on any atom is 0.341 e. The Bertz CT molecular complexity index is 1280. The second-order valence-corrected chi connectivity index (χ2v) is 11.4. The number of carbonyl (C=O) groups is 3. The number of hydrazine groups is 1. The number of carbonyl (C=O) groups excluding carboxylic acids is 2. The largest absolute Gasteiger partial charge is 0.496 e. The number of carboxylic acid groups (broad SMARTS) is 1. The first-order valence-corrected chi connectivity index (χ1v) is 15.4. The van der Waals surface area contributed by atoms with Crippen LogP contribution in [0.15, 0.2) is 36.4 Å². The lowest BCUT2D eigenvalue weighted by Gasteiger charge is -2.19. The summed E-state index contributed by atoms with van der Waals surface area (Å²) in [4.78, 5) is 35.4. The van der Waals surface area contributed by atoms with E-state index in [2.05, 4.69) is 6.92 Å². The number of ether oxygens (including phenoxy) is 2. The van der Waals surface area contributed by atoms with Crippen molar-refractivity contribution >= 4 is 41.0 Å². The van der Waals surface area contributed by atoms with E-state index in [1.807, 2.05) is 12.1 Å². The fraction of sp³-hybridized carbons (Fsp3) is 0.500. The number of amides is 2. The third-order valence-electron chi connectivity index (χ3n) is 7.12. The summed E-state index contributed by atoms with van der Waals surface area (Å²) in [6.45, 7) is 1.82. The molecule has 1 aliphatic rings. The molecule has 1 fully saturated rings. The van der Waals surface area contributed by atoms with Crippen LogP contribution in [-0.2, 0) is 16.0 Å². The number of nitrogens with zero attached hydrogens (tertiary/aromatic N) is 2. The molecule has 2 aromatic rings. The summed E-state index contributed by atoms with van der Waals surface area (Å²) in [5, 5.41) is 18.9. The maximum atomic E-state index is 12.8. The Morgan fingerprint density at radius 3 is 2.12 bits per heavy atom. The Balaban J connectivity index is 0.000000413. The van der Waals surface area contributed by atoms with Crippen LogP contribution in [0, 0.1) is 16.7 Å². The fourth-order valence-electron chi connectivity index (χ4n) is 4.40. The number of rotatable bonds is 16. The van der Waals surface area contributed by atoms with Crippen LogP contribution < -0.4 is 15.3 Å². The first-order chi connectivity index (χ1) is 20.6. The molecule has 0 heterocycles. The van der Waals surface area contributed by atoms with Gasteiger partial charge in [-0.25, -0.2) is 15.6 Å². The summed E-state index contributed by atoms with van der Waals surface area (Å²) in [5.41, 5.74) is 0.145. The number of halogens is 2. The predicted octanol–water partition coefficient (Wildman–Crippen LogP) is 7.37. The summed E-state index contributed by atoms with van der Waals surface area (Å²) in [6, 6.07) is 12.0. The molecule has 0 atom stereocenters. The zero-order chi connectivity index (χ0) is 31.8. The molecule has 234 valence electrons. The lowest BCUT2D eigenvalue weighted by Crippen LogP contribution is -2.46. The predicted molar refractivity (Wildman–Crippen MR) is 166 cm³/mol. The molecule has 0 aliphatic heterocycles. The molecule has 0 saturated heterocycles. The lowest BCUT2D eigenvalue weighted by atomic mass is 10.0. The van der Waals surface area contributed by atoms with Gasteiger partial charge in [0.2, 0.25) is 0 Å². The van der Waals surface area contributed by atoms with Crippen LogP contribution in [0.4, 0.5) is 0 Å². The van der Waals surface area contributed by atoms with Gasteiger partial charge in [-0.1, -0.05) is 87.6 Å². The lowest BCUT2D eigenvalue weighted by molar-refractivity contribution is -0.139. The van der Waals surface area contributed by atoms with Crippen LogP contribution in [0.5, 0.6) is 11.5 Å². The van der Waals surface area contributed by atoms with Gasteiger partial charge in [0.05, 0.1) is 23.8 Å². The number of nitrogens with two attached hydrogens (primary N) is 1. The standard InChI is InChI=1S/C24H35N3O3.C8H6Cl2O3/c1-3-4-5-6-7-8-9-10-11-12-19-13-14-21(30-2)20(17-19)22(28)27(26)23(29)24(18-25)15-16-24;9-5-1-2-7(6(10)3-5)13-4-8(11)12/h13-14,17H,3-12,15-16,26H2,1-2H3;1-3H,4H2,(H,11,12).